The Morgan fingerprint density at radius 3 is 2.40 bits per heavy atom. The number of hydrogen-bond donors (Lipinski definition) is 2. The lowest BCUT2D eigenvalue weighted by Gasteiger charge is -2.23. The van der Waals surface area contributed by atoms with Gasteiger partial charge in [0.05, 0.1) is 16.3 Å². The minimum Gasteiger partial charge on any atom is -0.369 e. The molecule has 2 rings (SSSR count). The van der Waals surface area contributed by atoms with Crippen LogP contribution in [0, 0.1) is 0 Å². The molecule has 0 amide bonds. The molecule has 1 aliphatic rings. The fourth-order valence-corrected chi connectivity index (χ4v) is 2.22. The number of hydrogen-bond acceptors (Lipinski definition) is 1. The number of rotatable bonds is 1. The summed E-state index contributed by atoms with van der Waals surface area (Å²) >= 11 is 5.54. The van der Waals surface area contributed by atoms with Crippen LogP contribution >= 0.6 is 36.4 Å². The van der Waals surface area contributed by atoms with Gasteiger partial charge in [-0.3, -0.25) is 0 Å². The zero-order valence-corrected chi connectivity index (χ0v) is 15.2. The molecule has 0 unspecified atom stereocenters. The monoisotopic (exact) mass is 417 g/mol. The van der Waals surface area contributed by atoms with E-state index in [0.717, 1.165) is 18.6 Å². The molecule has 5 nitrogen and oxygen atoms in total. The van der Waals surface area contributed by atoms with Gasteiger partial charge in [-0.2, -0.15) is 18.2 Å². The highest BCUT2D eigenvalue weighted by atomic mass is 35.5. The van der Waals surface area contributed by atoms with E-state index in [4.69, 9.17) is 23.1 Å². The van der Waals surface area contributed by atoms with Crippen molar-refractivity contribution in [2.24, 2.45) is 21.5 Å². The summed E-state index contributed by atoms with van der Waals surface area (Å²) in [4.78, 5) is 9.53. The van der Waals surface area contributed by atoms with Crippen molar-refractivity contribution in [1.29, 1.82) is 0 Å². The minimum atomic E-state index is -4.57. The second-order valence-corrected chi connectivity index (χ2v) is 5.22. The van der Waals surface area contributed by atoms with Crippen LogP contribution in [0.2, 0.25) is 5.02 Å². The van der Waals surface area contributed by atoms with Gasteiger partial charge in [-0.05, 0) is 24.6 Å². The summed E-state index contributed by atoms with van der Waals surface area (Å²) < 4.78 is 38.4. The van der Waals surface area contributed by atoms with Crippen molar-refractivity contribution in [3.8, 4) is 0 Å². The molecule has 0 aromatic heterocycles. The molecule has 0 fully saturated rings. The van der Waals surface area contributed by atoms with Crippen LogP contribution in [0.3, 0.4) is 0 Å². The molecule has 1 aliphatic heterocycles. The molecule has 1 aromatic carbocycles. The molecule has 0 aliphatic carbocycles. The lowest BCUT2D eigenvalue weighted by atomic mass is 10.2. The van der Waals surface area contributed by atoms with E-state index in [0.29, 0.717) is 13.1 Å². The average molecular weight is 419 g/mol. The van der Waals surface area contributed by atoms with Gasteiger partial charge < -0.3 is 16.4 Å². The number of benzene rings is 1. The summed E-state index contributed by atoms with van der Waals surface area (Å²) in [5.41, 5.74) is 10.5. The lowest BCUT2D eigenvalue weighted by Crippen LogP contribution is -2.40. The third-order valence-corrected chi connectivity index (χ3v) is 3.44. The summed E-state index contributed by atoms with van der Waals surface area (Å²) in [6, 6.07) is 3.24. The predicted octanol–water partition coefficient (Wildman–Crippen LogP) is 3.73. The normalized spacial score (nSPS) is 15.4. The van der Waals surface area contributed by atoms with Crippen molar-refractivity contribution in [1.82, 2.24) is 4.90 Å². The predicted molar refractivity (Wildman–Crippen MR) is 99.2 cm³/mol. The summed E-state index contributed by atoms with van der Waals surface area (Å²) in [5.74, 6) is -0.0619. The zero-order valence-electron chi connectivity index (χ0n) is 12.8. The maximum absolute atomic E-state index is 12.8. The number of halogens is 6. The first kappa shape index (κ1) is 23.4. The summed E-state index contributed by atoms with van der Waals surface area (Å²) in [7, 11) is 0. The van der Waals surface area contributed by atoms with E-state index in [1.165, 1.54) is 6.07 Å². The SMILES string of the molecule is Cl.Cl.NC(=Nc1ccc(Cl)c(C(F)(F)F)c1)/N=C(/N)N1CC=CCC1. The van der Waals surface area contributed by atoms with Crippen molar-refractivity contribution in [2.45, 2.75) is 12.6 Å². The fraction of sp³-hybridized carbons (Fsp3) is 0.286. The first-order valence-electron chi connectivity index (χ1n) is 6.72. The van der Waals surface area contributed by atoms with E-state index in [1.807, 2.05) is 12.2 Å². The second-order valence-electron chi connectivity index (χ2n) is 4.81. The van der Waals surface area contributed by atoms with E-state index in [2.05, 4.69) is 9.98 Å². The molecular formula is C14H17Cl3F3N5. The quantitative estimate of drug-likeness (QED) is 0.414. The van der Waals surface area contributed by atoms with Crippen LogP contribution in [-0.2, 0) is 6.18 Å². The molecule has 0 radical (unpaired) electrons. The standard InChI is InChI=1S/C14H15ClF3N5.2ClH/c15-11-5-4-9(8-10(11)14(16,17)18)21-12(19)22-13(20)23-6-2-1-3-7-23;;/h1-2,4-5,8H,3,6-7H2,(H4,19,20,21,22);2*1H. The molecule has 25 heavy (non-hydrogen) atoms. The second kappa shape index (κ2) is 9.74. The third-order valence-electron chi connectivity index (χ3n) is 3.11. The largest absolute Gasteiger partial charge is 0.417 e. The van der Waals surface area contributed by atoms with Gasteiger partial charge in [0.15, 0.2) is 5.96 Å². The van der Waals surface area contributed by atoms with Gasteiger partial charge in [0, 0.05) is 13.1 Å². The molecule has 0 atom stereocenters. The number of guanidine groups is 2. The number of nitrogens with two attached hydrogens (primary N) is 2. The van der Waals surface area contributed by atoms with E-state index < -0.39 is 16.8 Å². The van der Waals surface area contributed by atoms with Gasteiger partial charge in [0.1, 0.15) is 0 Å². The highest BCUT2D eigenvalue weighted by molar-refractivity contribution is 6.31. The van der Waals surface area contributed by atoms with Crippen molar-refractivity contribution >= 4 is 54.0 Å². The number of nitrogens with zero attached hydrogens (tertiary/aromatic N) is 3. The maximum Gasteiger partial charge on any atom is 0.417 e. The zero-order chi connectivity index (χ0) is 17.0. The highest BCUT2D eigenvalue weighted by Crippen LogP contribution is 2.36. The molecule has 1 aromatic rings. The van der Waals surface area contributed by atoms with E-state index in [-0.39, 0.29) is 42.4 Å². The molecule has 140 valence electrons. The summed E-state index contributed by atoms with van der Waals surface area (Å²) in [5, 5.41) is -0.404. The third kappa shape index (κ3) is 6.64. The van der Waals surface area contributed by atoms with Gasteiger partial charge in [-0.15, -0.1) is 24.8 Å². The van der Waals surface area contributed by atoms with E-state index in [1.54, 1.807) is 4.90 Å². The van der Waals surface area contributed by atoms with E-state index >= 15 is 0 Å². The topological polar surface area (TPSA) is 80.0 Å². The van der Waals surface area contributed by atoms with Crippen LogP contribution in [0.25, 0.3) is 0 Å². The van der Waals surface area contributed by atoms with Crippen LogP contribution in [0.4, 0.5) is 18.9 Å². The smallest absolute Gasteiger partial charge is 0.369 e. The van der Waals surface area contributed by atoms with Crippen molar-refractivity contribution < 1.29 is 13.2 Å². The molecule has 0 bridgehead atoms. The molecule has 1 heterocycles. The Morgan fingerprint density at radius 2 is 1.84 bits per heavy atom. The average Bonchev–Trinajstić information content (AvgIpc) is 2.49. The Bertz CT molecular complexity index is 674. The first-order chi connectivity index (χ1) is 10.8. The van der Waals surface area contributed by atoms with Gasteiger partial charge in [-0.25, -0.2) is 4.99 Å². The Balaban J connectivity index is 0.00000288. The molecular weight excluding hydrogens is 402 g/mol. The number of aliphatic imine (C=N–C) groups is 2. The van der Waals surface area contributed by atoms with Crippen molar-refractivity contribution in [2.75, 3.05) is 13.1 Å². The molecule has 0 spiro atoms. The van der Waals surface area contributed by atoms with Gasteiger partial charge in [0.25, 0.3) is 0 Å². The van der Waals surface area contributed by atoms with Crippen LogP contribution in [0.15, 0.2) is 40.3 Å². The Hall–Kier alpha value is -1.64. The lowest BCUT2D eigenvalue weighted by molar-refractivity contribution is -0.137. The van der Waals surface area contributed by atoms with E-state index in [9.17, 15) is 13.2 Å². The van der Waals surface area contributed by atoms with Gasteiger partial charge >= 0.3 is 6.18 Å². The van der Waals surface area contributed by atoms with Crippen LogP contribution in [-0.4, -0.2) is 29.9 Å². The van der Waals surface area contributed by atoms with Gasteiger partial charge in [0.2, 0.25) is 5.96 Å². The van der Waals surface area contributed by atoms with Crippen LogP contribution in [0.1, 0.15) is 12.0 Å². The molecule has 11 heteroatoms. The Labute approximate surface area is 160 Å². The van der Waals surface area contributed by atoms with Crippen molar-refractivity contribution in [3.63, 3.8) is 0 Å². The molecule has 0 saturated heterocycles. The van der Waals surface area contributed by atoms with Crippen molar-refractivity contribution in [3.05, 3.63) is 40.9 Å². The Morgan fingerprint density at radius 1 is 1.16 bits per heavy atom. The minimum absolute atomic E-state index is 0. The number of alkyl halides is 3. The molecule has 4 N–H and O–H groups in total. The summed E-state index contributed by atoms with van der Waals surface area (Å²) in [6.07, 6.45) is 0.223. The molecule has 0 saturated carbocycles. The Kier molecular flexibility index (Phi) is 9.10. The van der Waals surface area contributed by atoms with Crippen LogP contribution in [0.5, 0.6) is 0 Å². The highest BCUT2D eigenvalue weighted by Gasteiger charge is 2.33. The summed E-state index contributed by atoms with van der Waals surface area (Å²) in [6.45, 7) is 1.29. The van der Waals surface area contributed by atoms with Gasteiger partial charge in [-0.1, -0.05) is 23.8 Å². The fourth-order valence-electron chi connectivity index (χ4n) is 1.99. The maximum atomic E-state index is 12.8. The van der Waals surface area contributed by atoms with Crippen LogP contribution < -0.4 is 11.5 Å². The first-order valence-corrected chi connectivity index (χ1v) is 7.10.